The van der Waals surface area contributed by atoms with Crippen molar-refractivity contribution in [2.45, 2.75) is 0 Å². The minimum absolute atomic E-state index is 0.485. The van der Waals surface area contributed by atoms with Crippen LogP contribution in [0.3, 0.4) is 0 Å². The Bertz CT molecular complexity index is 656. The summed E-state index contributed by atoms with van der Waals surface area (Å²) in [5.41, 5.74) is 7.42. The van der Waals surface area contributed by atoms with Crippen LogP contribution in [0.1, 0.15) is 0 Å². The zero-order valence-electron chi connectivity index (χ0n) is 11.3. The molecule has 1 saturated heterocycles. The van der Waals surface area contributed by atoms with Gasteiger partial charge >= 0.3 is 0 Å². The fraction of sp³-hybridized carbons (Fsp3) is 0.286. The fourth-order valence-corrected chi connectivity index (χ4v) is 2.58. The first-order valence-electron chi connectivity index (χ1n) is 6.69. The largest absolute Gasteiger partial charge is 0.394 e. The maximum absolute atomic E-state index is 6.05. The second-order valence-electron chi connectivity index (χ2n) is 4.84. The first-order chi connectivity index (χ1) is 10.1. The highest BCUT2D eigenvalue weighted by Crippen LogP contribution is 2.29. The van der Waals surface area contributed by atoms with E-state index in [1.54, 1.807) is 18.3 Å². The molecule has 1 fully saturated rings. The molecule has 0 atom stereocenters. The second kappa shape index (κ2) is 6.05. The number of aromatic nitrogens is 2. The lowest BCUT2D eigenvalue weighted by molar-refractivity contribution is 0.585. The molecule has 2 heterocycles. The van der Waals surface area contributed by atoms with Crippen LogP contribution in [0.25, 0.3) is 11.4 Å². The number of nitrogen functional groups attached to an aromatic ring is 1. The van der Waals surface area contributed by atoms with E-state index in [2.05, 4.69) is 20.2 Å². The smallest absolute Gasteiger partial charge is 0.161 e. The van der Waals surface area contributed by atoms with E-state index in [1.807, 2.05) is 6.07 Å². The average Bonchev–Trinajstić information content (AvgIpc) is 2.51. The monoisotopic (exact) mass is 323 g/mol. The Hall–Kier alpha value is -1.56. The molecule has 0 spiro atoms. The molecule has 21 heavy (non-hydrogen) atoms. The number of rotatable bonds is 2. The van der Waals surface area contributed by atoms with Crippen molar-refractivity contribution in [3.05, 3.63) is 34.4 Å². The zero-order valence-corrected chi connectivity index (χ0v) is 12.8. The van der Waals surface area contributed by atoms with Gasteiger partial charge in [-0.15, -0.1) is 0 Å². The highest BCUT2D eigenvalue weighted by atomic mass is 35.5. The summed E-state index contributed by atoms with van der Waals surface area (Å²) in [4.78, 5) is 11.1. The van der Waals surface area contributed by atoms with Gasteiger partial charge < -0.3 is 16.0 Å². The van der Waals surface area contributed by atoms with Crippen molar-refractivity contribution < 1.29 is 0 Å². The van der Waals surface area contributed by atoms with Crippen LogP contribution in [0.2, 0.25) is 10.0 Å². The van der Waals surface area contributed by atoms with Crippen molar-refractivity contribution in [3.8, 4) is 11.4 Å². The molecule has 7 heteroatoms. The number of nitrogens with two attached hydrogens (primary N) is 1. The minimum atomic E-state index is 0.485. The summed E-state index contributed by atoms with van der Waals surface area (Å²) >= 11 is 12.0. The summed E-state index contributed by atoms with van der Waals surface area (Å²) in [5, 5.41) is 4.30. The van der Waals surface area contributed by atoms with Crippen LogP contribution in [0.5, 0.6) is 0 Å². The molecule has 0 saturated carbocycles. The van der Waals surface area contributed by atoms with Gasteiger partial charge in [0.1, 0.15) is 0 Å². The minimum Gasteiger partial charge on any atom is -0.394 e. The SMILES string of the molecule is Nc1cnc(-c2ccc(Cl)c(Cl)c2)nc1N1CCNCC1. The number of hydrogen-bond donors (Lipinski definition) is 2. The predicted octanol–water partition coefficient (Wildman–Crippen LogP) is 2.44. The van der Waals surface area contributed by atoms with Gasteiger partial charge in [0, 0.05) is 31.7 Å². The first kappa shape index (κ1) is 14.4. The van der Waals surface area contributed by atoms with Crippen molar-refractivity contribution in [2.24, 2.45) is 0 Å². The molecule has 110 valence electrons. The second-order valence-corrected chi connectivity index (χ2v) is 5.65. The van der Waals surface area contributed by atoms with Crippen LogP contribution >= 0.6 is 23.2 Å². The average molecular weight is 324 g/mol. The van der Waals surface area contributed by atoms with Crippen molar-refractivity contribution in [2.75, 3.05) is 36.8 Å². The van der Waals surface area contributed by atoms with Gasteiger partial charge in [-0.25, -0.2) is 9.97 Å². The van der Waals surface area contributed by atoms with Gasteiger partial charge in [0.25, 0.3) is 0 Å². The van der Waals surface area contributed by atoms with Crippen molar-refractivity contribution >= 4 is 34.7 Å². The fourth-order valence-electron chi connectivity index (χ4n) is 2.29. The third-order valence-electron chi connectivity index (χ3n) is 3.39. The summed E-state index contributed by atoms with van der Waals surface area (Å²) in [6.07, 6.45) is 1.64. The summed E-state index contributed by atoms with van der Waals surface area (Å²) in [5.74, 6) is 1.36. The van der Waals surface area contributed by atoms with E-state index in [0.29, 0.717) is 21.6 Å². The van der Waals surface area contributed by atoms with Gasteiger partial charge in [0.2, 0.25) is 0 Å². The lowest BCUT2D eigenvalue weighted by atomic mass is 10.2. The van der Waals surface area contributed by atoms with Gasteiger partial charge in [0.05, 0.1) is 21.9 Å². The van der Waals surface area contributed by atoms with E-state index in [9.17, 15) is 0 Å². The summed E-state index contributed by atoms with van der Waals surface area (Å²) < 4.78 is 0. The van der Waals surface area contributed by atoms with Crippen LogP contribution in [0.4, 0.5) is 11.5 Å². The highest BCUT2D eigenvalue weighted by molar-refractivity contribution is 6.42. The Morgan fingerprint density at radius 2 is 1.90 bits per heavy atom. The Morgan fingerprint density at radius 1 is 1.14 bits per heavy atom. The molecule has 0 aliphatic carbocycles. The molecular formula is C14H15Cl2N5. The van der Waals surface area contributed by atoms with Crippen LogP contribution < -0.4 is 16.0 Å². The normalized spacial score (nSPS) is 15.2. The molecule has 5 nitrogen and oxygen atoms in total. The first-order valence-corrected chi connectivity index (χ1v) is 7.44. The van der Waals surface area contributed by atoms with Crippen LogP contribution in [-0.2, 0) is 0 Å². The maximum atomic E-state index is 6.05. The molecule has 0 radical (unpaired) electrons. The quantitative estimate of drug-likeness (QED) is 0.888. The lowest BCUT2D eigenvalue weighted by Crippen LogP contribution is -2.44. The van der Waals surface area contributed by atoms with E-state index in [0.717, 1.165) is 37.6 Å². The summed E-state index contributed by atoms with van der Waals surface area (Å²) in [6, 6.07) is 5.35. The standard InChI is InChI=1S/C14H15Cl2N5/c15-10-2-1-9(7-11(10)16)13-19-8-12(17)14(20-13)21-5-3-18-4-6-21/h1-2,7-8,18H,3-6,17H2. The molecule has 3 rings (SSSR count). The molecule has 1 aromatic heterocycles. The number of benzene rings is 1. The zero-order chi connectivity index (χ0) is 14.8. The predicted molar refractivity (Wildman–Crippen MR) is 87.0 cm³/mol. The number of anilines is 2. The number of halogens is 2. The molecule has 1 aromatic carbocycles. The van der Waals surface area contributed by atoms with Gasteiger partial charge in [-0.05, 0) is 18.2 Å². The van der Waals surface area contributed by atoms with Gasteiger partial charge in [-0.2, -0.15) is 0 Å². The van der Waals surface area contributed by atoms with E-state index in [1.165, 1.54) is 0 Å². The Morgan fingerprint density at radius 3 is 2.62 bits per heavy atom. The van der Waals surface area contributed by atoms with Crippen LogP contribution in [-0.4, -0.2) is 36.1 Å². The number of hydrogen-bond acceptors (Lipinski definition) is 5. The molecule has 1 aliphatic heterocycles. The Labute approximate surface area is 133 Å². The lowest BCUT2D eigenvalue weighted by Gasteiger charge is -2.29. The molecule has 1 aliphatic rings. The Kier molecular flexibility index (Phi) is 4.14. The third kappa shape index (κ3) is 3.05. The third-order valence-corrected chi connectivity index (χ3v) is 4.13. The number of nitrogens with zero attached hydrogens (tertiary/aromatic N) is 3. The topological polar surface area (TPSA) is 67.1 Å². The molecular weight excluding hydrogens is 309 g/mol. The van der Waals surface area contributed by atoms with E-state index < -0.39 is 0 Å². The molecule has 2 aromatic rings. The van der Waals surface area contributed by atoms with Crippen LogP contribution in [0.15, 0.2) is 24.4 Å². The van der Waals surface area contributed by atoms with Gasteiger partial charge in [0.15, 0.2) is 11.6 Å². The number of piperazine rings is 1. The van der Waals surface area contributed by atoms with Crippen molar-refractivity contribution in [1.29, 1.82) is 0 Å². The van der Waals surface area contributed by atoms with Gasteiger partial charge in [-0.1, -0.05) is 23.2 Å². The van der Waals surface area contributed by atoms with Crippen molar-refractivity contribution in [3.63, 3.8) is 0 Å². The Balaban J connectivity index is 1.98. The number of nitrogens with one attached hydrogen (secondary N) is 1. The summed E-state index contributed by atoms with van der Waals surface area (Å²) in [6.45, 7) is 3.60. The molecule has 3 N–H and O–H groups in total. The molecule has 0 unspecified atom stereocenters. The molecule has 0 amide bonds. The maximum Gasteiger partial charge on any atom is 0.161 e. The van der Waals surface area contributed by atoms with E-state index in [-0.39, 0.29) is 0 Å². The van der Waals surface area contributed by atoms with E-state index in [4.69, 9.17) is 28.9 Å². The highest BCUT2D eigenvalue weighted by Gasteiger charge is 2.16. The molecule has 0 bridgehead atoms. The summed E-state index contributed by atoms with van der Waals surface area (Å²) in [7, 11) is 0. The van der Waals surface area contributed by atoms with Crippen LogP contribution in [0, 0.1) is 0 Å². The van der Waals surface area contributed by atoms with E-state index >= 15 is 0 Å². The van der Waals surface area contributed by atoms with Gasteiger partial charge in [-0.3, -0.25) is 0 Å². The van der Waals surface area contributed by atoms with Crippen molar-refractivity contribution in [1.82, 2.24) is 15.3 Å².